The summed E-state index contributed by atoms with van der Waals surface area (Å²) in [5.74, 6) is -0.888. The van der Waals surface area contributed by atoms with Crippen molar-refractivity contribution >= 4 is 47.2 Å². The Bertz CT molecular complexity index is 1980. The van der Waals surface area contributed by atoms with Crippen molar-refractivity contribution in [1.82, 2.24) is 9.88 Å². The molecule has 6 rings (SSSR count). The second kappa shape index (κ2) is 22.2. The SMILES string of the molecule is CC(=O)OC1COC(C(=O)N(CCCCCSc2ccc(Cl)c(COC3(c4cnccc4-c4ccccc4OC4CC4)CC3)c2)CCOCCO)C(OC(C)=O)C1OC(C)=O. The zero-order valence-corrected chi connectivity index (χ0v) is 36.5. The maximum absolute atomic E-state index is 14.0. The Hall–Kier alpha value is -4.25. The van der Waals surface area contributed by atoms with E-state index < -0.39 is 53.8 Å². The average molecular weight is 883 g/mol. The quantitative estimate of drug-likeness (QED) is 0.0478. The van der Waals surface area contributed by atoms with Gasteiger partial charge in [0.05, 0.1) is 44.7 Å². The van der Waals surface area contributed by atoms with Crippen LogP contribution >= 0.6 is 23.4 Å². The van der Waals surface area contributed by atoms with Gasteiger partial charge in [-0.05, 0) is 85.7 Å². The van der Waals surface area contributed by atoms with Gasteiger partial charge in [-0.1, -0.05) is 36.2 Å². The van der Waals surface area contributed by atoms with Crippen LogP contribution in [0.1, 0.15) is 76.8 Å². The van der Waals surface area contributed by atoms with Crippen molar-refractivity contribution in [3.8, 4) is 16.9 Å². The van der Waals surface area contributed by atoms with Gasteiger partial charge in [0.15, 0.2) is 24.4 Å². The third kappa shape index (κ3) is 13.1. The van der Waals surface area contributed by atoms with Gasteiger partial charge in [0, 0.05) is 67.3 Å². The summed E-state index contributed by atoms with van der Waals surface area (Å²) in [5, 5.41) is 9.83. The number of thioether (sulfide) groups is 1. The smallest absolute Gasteiger partial charge is 0.303 e. The van der Waals surface area contributed by atoms with Gasteiger partial charge >= 0.3 is 17.9 Å². The number of carbonyl (C=O) groups excluding carboxylic acids is 4. The maximum atomic E-state index is 14.0. The second-order valence-electron chi connectivity index (χ2n) is 15.4. The van der Waals surface area contributed by atoms with E-state index in [9.17, 15) is 24.3 Å². The number of esters is 3. The van der Waals surface area contributed by atoms with E-state index in [1.807, 2.05) is 48.8 Å². The number of ether oxygens (including phenoxy) is 7. The number of hydrogen-bond acceptors (Lipinski definition) is 14. The number of benzene rings is 2. The molecule has 1 saturated heterocycles. The minimum absolute atomic E-state index is 0.101. The lowest BCUT2D eigenvalue weighted by molar-refractivity contribution is -0.226. The number of rotatable bonds is 23. The Morgan fingerprint density at radius 2 is 1.66 bits per heavy atom. The first kappa shape index (κ1) is 46.3. The van der Waals surface area contributed by atoms with Crippen molar-refractivity contribution in [3.63, 3.8) is 0 Å². The number of para-hydroxylation sites is 1. The molecule has 14 nitrogen and oxygen atoms in total. The topological polar surface area (TPSA) is 169 Å². The Morgan fingerprint density at radius 1 is 0.902 bits per heavy atom. The molecule has 2 aliphatic carbocycles. The number of nitrogens with zero attached hydrogens (tertiary/aromatic N) is 2. The fourth-order valence-electron chi connectivity index (χ4n) is 7.30. The van der Waals surface area contributed by atoms with Crippen LogP contribution in [0.25, 0.3) is 11.1 Å². The molecule has 330 valence electrons. The molecule has 3 aliphatic rings. The van der Waals surface area contributed by atoms with Gasteiger partial charge in [-0.15, -0.1) is 11.8 Å². The first-order chi connectivity index (χ1) is 29.5. The molecular weight excluding hydrogens is 828 g/mol. The zero-order valence-electron chi connectivity index (χ0n) is 34.9. The number of carbonyl (C=O) groups is 4. The van der Waals surface area contributed by atoms with Gasteiger partial charge in [0.2, 0.25) is 0 Å². The van der Waals surface area contributed by atoms with Crippen molar-refractivity contribution in [2.24, 2.45) is 0 Å². The van der Waals surface area contributed by atoms with Crippen molar-refractivity contribution in [2.45, 2.75) is 113 Å². The summed E-state index contributed by atoms with van der Waals surface area (Å²) >= 11 is 8.42. The summed E-state index contributed by atoms with van der Waals surface area (Å²) in [5.41, 5.74) is 3.61. The molecule has 1 aliphatic heterocycles. The summed E-state index contributed by atoms with van der Waals surface area (Å²) in [6, 6.07) is 16.2. The third-order valence-corrected chi connectivity index (χ3v) is 12.0. The summed E-state index contributed by atoms with van der Waals surface area (Å²) in [7, 11) is 0. The van der Waals surface area contributed by atoms with Crippen molar-refractivity contribution in [2.75, 3.05) is 45.3 Å². The standard InChI is InChI=1S/C45H55ClN2O12S/c1-29(50)57-40-28-55-43(42(59-31(3)52)41(40)58-30(2)51)44(53)48(20-22-54-23-21-49)19-7-4-8-24-61-34-13-14-38(46)32(25-34)27-56-45(16-17-45)37-26-47-18-15-35(37)36-9-5-6-10-39(36)60-33-11-12-33/h5-6,9-10,13-15,18,25-26,33,40-43,49H,4,7-8,11-12,16-17,19-24,27-28H2,1-3H3. The highest BCUT2D eigenvalue weighted by molar-refractivity contribution is 7.99. The first-order valence-corrected chi connectivity index (χ1v) is 22.2. The molecule has 16 heteroatoms. The Kier molecular flexibility index (Phi) is 16.8. The molecule has 4 unspecified atom stereocenters. The van der Waals surface area contributed by atoms with E-state index in [0.29, 0.717) is 24.6 Å². The molecule has 0 bridgehead atoms. The van der Waals surface area contributed by atoms with Gasteiger partial charge in [-0.3, -0.25) is 24.2 Å². The summed E-state index contributed by atoms with van der Waals surface area (Å²) in [6.07, 6.45) is 5.19. The average Bonchev–Trinajstić information content (AvgIpc) is 4.18. The fraction of sp³-hybridized carbons (Fsp3) is 0.533. The lowest BCUT2D eigenvalue weighted by Gasteiger charge is -2.41. The van der Waals surface area contributed by atoms with Crippen molar-refractivity contribution in [1.29, 1.82) is 0 Å². The number of hydrogen-bond donors (Lipinski definition) is 1. The van der Waals surface area contributed by atoms with Gasteiger partial charge in [0.1, 0.15) is 5.75 Å². The molecule has 1 aromatic heterocycles. The van der Waals surface area contributed by atoms with Crippen LogP contribution in [0.4, 0.5) is 0 Å². The molecule has 2 saturated carbocycles. The summed E-state index contributed by atoms with van der Waals surface area (Å²) in [4.78, 5) is 57.2. The van der Waals surface area contributed by atoms with E-state index in [2.05, 4.69) is 17.1 Å². The van der Waals surface area contributed by atoms with E-state index in [1.54, 1.807) is 16.7 Å². The highest BCUT2D eigenvalue weighted by atomic mass is 35.5. The number of pyridine rings is 1. The molecular formula is C45H55ClN2O12S. The predicted octanol–water partition coefficient (Wildman–Crippen LogP) is 6.44. The van der Waals surface area contributed by atoms with Crippen LogP contribution in [0.2, 0.25) is 5.02 Å². The number of aliphatic hydroxyl groups is 1. The van der Waals surface area contributed by atoms with E-state index in [4.69, 9.17) is 44.8 Å². The second-order valence-corrected chi connectivity index (χ2v) is 17.0. The van der Waals surface area contributed by atoms with Crippen LogP contribution in [-0.2, 0) is 59.8 Å². The molecule has 2 heterocycles. The van der Waals surface area contributed by atoms with Crippen LogP contribution < -0.4 is 4.74 Å². The fourth-order valence-corrected chi connectivity index (χ4v) is 8.45. The van der Waals surface area contributed by atoms with E-state index >= 15 is 0 Å². The van der Waals surface area contributed by atoms with Crippen LogP contribution in [0.5, 0.6) is 5.75 Å². The number of aliphatic hydroxyl groups excluding tert-OH is 1. The van der Waals surface area contributed by atoms with E-state index in [1.165, 1.54) is 13.8 Å². The van der Waals surface area contributed by atoms with Gasteiger partial charge in [0.25, 0.3) is 5.91 Å². The molecule has 1 N–H and O–H groups in total. The molecule has 3 aromatic rings. The monoisotopic (exact) mass is 882 g/mol. The highest BCUT2D eigenvalue weighted by Crippen LogP contribution is 2.53. The molecule has 2 aromatic carbocycles. The molecule has 61 heavy (non-hydrogen) atoms. The highest BCUT2D eigenvalue weighted by Gasteiger charge is 2.51. The molecule has 0 radical (unpaired) electrons. The number of amides is 1. The van der Waals surface area contributed by atoms with Gasteiger partial charge < -0.3 is 43.2 Å². The van der Waals surface area contributed by atoms with Gasteiger partial charge in [-0.25, -0.2) is 0 Å². The number of halogens is 1. The largest absolute Gasteiger partial charge is 0.490 e. The molecule has 1 amide bonds. The third-order valence-electron chi connectivity index (χ3n) is 10.5. The Morgan fingerprint density at radius 3 is 2.38 bits per heavy atom. The van der Waals surface area contributed by atoms with Crippen molar-refractivity contribution in [3.05, 3.63) is 77.1 Å². The normalized spacial score (nSPS) is 20.3. The van der Waals surface area contributed by atoms with Crippen LogP contribution in [0.3, 0.4) is 0 Å². The lowest BCUT2D eigenvalue weighted by atomic mass is 9.96. The molecule has 0 spiro atoms. The Balaban J connectivity index is 1.03. The summed E-state index contributed by atoms with van der Waals surface area (Å²) in [6.45, 7) is 4.20. The van der Waals surface area contributed by atoms with Crippen LogP contribution in [0.15, 0.2) is 65.8 Å². The van der Waals surface area contributed by atoms with Gasteiger partial charge in [-0.2, -0.15) is 0 Å². The Labute approximate surface area is 365 Å². The predicted molar refractivity (Wildman–Crippen MR) is 226 cm³/mol. The first-order valence-electron chi connectivity index (χ1n) is 20.8. The number of aromatic nitrogens is 1. The van der Waals surface area contributed by atoms with Crippen LogP contribution in [-0.4, -0.2) is 115 Å². The van der Waals surface area contributed by atoms with E-state index in [0.717, 1.165) is 84.1 Å². The minimum Gasteiger partial charge on any atom is -0.490 e. The number of unbranched alkanes of at least 4 members (excludes halogenated alkanes) is 2. The molecule has 4 atom stereocenters. The maximum Gasteiger partial charge on any atom is 0.303 e. The van der Waals surface area contributed by atoms with Crippen LogP contribution in [0, 0.1) is 0 Å². The molecule has 3 fully saturated rings. The zero-order chi connectivity index (χ0) is 43.4. The van der Waals surface area contributed by atoms with Crippen molar-refractivity contribution < 1.29 is 57.4 Å². The summed E-state index contributed by atoms with van der Waals surface area (Å²) < 4.78 is 40.5. The minimum atomic E-state index is -1.37. The lowest BCUT2D eigenvalue weighted by Crippen LogP contribution is -2.62. The van der Waals surface area contributed by atoms with E-state index in [-0.39, 0.29) is 39.1 Å².